The summed E-state index contributed by atoms with van der Waals surface area (Å²) in [5, 5.41) is 0. The van der Waals surface area contributed by atoms with Gasteiger partial charge in [0.25, 0.3) is 5.91 Å². The predicted molar refractivity (Wildman–Crippen MR) is 65.1 cm³/mol. The van der Waals surface area contributed by atoms with Gasteiger partial charge in [0.15, 0.2) is 0 Å². The Bertz CT molecular complexity index is 363. The molecule has 0 aromatic carbocycles. The van der Waals surface area contributed by atoms with Gasteiger partial charge >= 0.3 is 0 Å². The van der Waals surface area contributed by atoms with E-state index in [9.17, 15) is 4.79 Å². The first-order valence-electron chi connectivity index (χ1n) is 5.58. The van der Waals surface area contributed by atoms with Crippen molar-refractivity contribution in [1.82, 2.24) is 9.88 Å². The van der Waals surface area contributed by atoms with Crippen LogP contribution >= 0.6 is 0 Å². The van der Waals surface area contributed by atoms with E-state index in [1.807, 2.05) is 18.7 Å². The summed E-state index contributed by atoms with van der Waals surface area (Å²) in [4.78, 5) is 17.9. The predicted octanol–water partition coefficient (Wildman–Crippen LogP) is 1.92. The molecule has 0 spiro atoms. The van der Waals surface area contributed by atoms with Gasteiger partial charge in [-0.25, -0.2) is 0 Å². The highest BCUT2D eigenvalue weighted by Crippen LogP contribution is 2.14. The van der Waals surface area contributed by atoms with E-state index in [0.717, 1.165) is 13.0 Å². The third-order valence-electron chi connectivity index (χ3n) is 2.43. The average molecular weight is 221 g/mol. The molecule has 0 unspecified atom stereocenters. The fourth-order valence-electron chi connectivity index (χ4n) is 1.59. The lowest BCUT2D eigenvalue weighted by Crippen LogP contribution is -2.37. The number of aromatic nitrogens is 1. The third-order valence-corrected chi connectivity index (χ3v) is 2.43. The lowest BCUT2D eigenvalue weighted by molar-refractivity contribution is 0.0707. The van der Waals surface area contributed by atoms with E-state index < -0.39 is 0 Å². The van der Waals surface area contributed by atoms with Crippen LogP contribution in [0.2, 0.25) is 0 Å². The van der Waals surface area contributed by atoms with Crippen LogP contribution in [0.5, 0.6) is 0 Å². The Morgan fingerprint density at radius 3 is 2.75 bits per heavy atom. The molecule has 2 N–H and O–H groups in total. The van der Waals surface area contributed by atoms with Gasteiger partial charge in [-0.1, -0.05) is 6.92 Å². The summed E-state index contributed by atoms with van der Waals surface area (Å²) < 4.78 is 0. The van der Waals surface area contributed by atoms with Gasteiger partial charge in [0, 0.05) is 18.8 Å². The Morgan fingerprint density at radius 2 is 2.25 bits per heavy atom. The second kappa shape index (κ2) is 5.49. The quantitative estimate of drug-likeness (QED) is 0.845. The molecule has 1 heterocycles. The van der Waals surface area contributed by atoms with E-state index in [0.29, 0.717) is 11.3 Å². The Kier molecular flexibility index (Phi) is 4.28. The molecule has 0 aliphatic rings. The lowest BCUT2D eigenvalue weighted by Gasteiger charge is -2.26. The highest BCUT2D eigenvalue weighted by Gasteiger charge is 2.19. The summed E-state index contributed by atoms with van der Waals surface area (Å²) in [6.45, 7) is 6.81. The second-order valence-electron chi connectivity index (χ2n) is 4.06. The lowest BCUT2D eigenvalue weighted by atomic mass is 10.1. The number of anilines is 1. The SMILES string of the molecule is CCCN(C(=O)c1ccncc1N)C(C)C. The molecule has 4 nitrogen and oxygen atoms in total. The number of carbonyl (C=O) groups is 1. The highest BCUT2D eigenvalue weighted by atomic mass is 16.2. The number of hydrogen-bond donors (Lipinski definition) is 1. The molecule has 1 amide bonds. The molecule has 0 aliphatic carbocycles. The minimum atomic E-state index is -0.0169. The molecule has 0 radical (unpaired) electrons. The van der Waals surface area contributed by atoms with Crippen LogP contribution < -0.4 is 5.73 Å². The largest absolute Gasteiger partial charge is 0.397 e. The van der Waals surface area contributed by atoms with E-state index in [4.69, 9.17) is 5.73 Å². The fraction of sp³-hybridized carbons (Fsp3) is 0.500. The summed E-state index contributed by atoms with van der Waals surface area (Å²) in [5.74, 6) is -0.0169. The molecule has 1 aromatic rings. The van der Waals surface area contributed by atoms with Gasteiger partial charge in [-0.3, -0.25) is 9.78 Å². The third kappa shape index (κ3) is 2.72. The first kappa shape index (κ1) is 12.5. The maximum absolute atomic E-state index is 12.2. The van der Waals surface area contributed by atoms with Crippen LogP contribution in [-0.2, 0) is 0 Å². The number of amides is 1. The molecular weight excluding hydrogens is 202 g/mol. The number of nitrogen functional groups attached to an aromatic ring is 1. The van der Waals surface area contributed by atoms with Gasteiger partial charge in [-0.2, -0.15) is 0 Å². The van der Waals surface area contributed by atoms with Crippen molar-refractivity contribution in [2.75, 3.05) is 12.3 Å². The molecule has 0 bridgehead atoms. The monoisotopic (exact) mass is 221 g/mol. The number of rotatable bonds is 4. The van der Waals surface area contributed by atoms with E-state index in [1.165, 1.54) is 6.20 Å². The van der Waals surface area contributed by atoms with E-state index in [-0.39, 0.29) is 11.9 Å². The molecule has 16 heavy (non-hydrogen) atoms. The van der Waals surface area contributed by atoms with Gasteiger partial charge < -0.3 is 10.6 Å². The number of carbonyl (C=O) groups excluding carboxylic acids is 1. The van der Waals surface area contributed by atoms with E-state index in [2.05, 4.69) is 11.9 Å². The minimum absolute atomic E-state index is 0.0169. The summed E-state index contributed by atoms with van der Waals surface area (Å²) in [7, 11) is 0. The van der Waals surface area contributed by atoms with Crippen LogP contribution in [0.25, 0.3) is 0 Å². The van der Waals surface area contributed by atoms with Crippen molar-refractivity contribution in [2.45, 2.75) is 33.2 Å². The number of nitrogens with zero attached hydrogens (tertiary/aromatic N) is 2. The van der Waals surface area contributed by atoms with Crippen molar-refractivity contribution in [3.63, 3.8) is 0 Å². The van der Waals surface area contributed by atoms with Crippen LogP contribution in [0.4, 0.5) is 5.69 Å². The molecule has 0 fully saturated rings. The Hall–Kier alpha value is -1.58. The van der Waals surface area contributed by atoms with Gasteiger partial charge in [-0.05, 0) is 26.3 Å². The first-order valence-corrected chi connectivity index (χ1v) is 5.58. The van der Waals surface area contributed by atoms with Crippen LogP contribution in [0.15, 0.2) is 18.5 Å². The van der Waals surface area contributed by atoms with Crippen LogP contribution in [0, 0.1) is 0 Å². The smallest absolute Gasteiger partial charge is 0.256 e. The van der Waals surface area contributed by atoms with Gasteiger partial charge in [0.05, 0.1) is 17.4 Å². The zero-order valence-electron chi connectivity index (χ0n) is 10.1. The molecule has 0 aliphatic heterocycles. The van der Waals surface area contributed by atoms with Crippen molar-refractivity contribution in [2.24, 2.45) is 0 Å². The topological polar surface area (TPSA) is 59.2 Å². The Labute approximate surface area is 96.5 Å². The molecule has 4 heteroatoms. The maximum Gasteiger partial charge on any atom is 0.256 e. The standard InChI is InChI=1S/C12H19N3O/c1-4-7-15(9(2)3)12(16)10-5-6-14-8-11(10)13/h5-6,8-9H,4,7,13H2,1-3H3. The van der Waals surface area contributed by atoms with Gasteiger partial charge in [-0.15, -0.1) is 0 Å². The van der Waals surface area contributed by atoms with Crippen molar-refractivity contribution in [1.29, 1.82) is 0 Å². The van der Waals surface area contributed by atoms with Crippen LogP contribution in [0.1, 0.15) is 37.6 Å². The Morgan fingerprint density at radius 1 is 1.56 bits per heavy atom. The van der Waals surface area contributed by atoms with E-state index in [1.54, 1.807) is 12.3 Å². The molecule has 0 saturated heterocycles. The molecule has 88 valence electrons. The van der Waals surface area contributed by atoms with Crippen molar-refractivity contribution in [3.8, 4) is 0 Å². The minimum Gasteiger partial charge on any atom is -0.397 e. The van der Waals surface area contributed by atoms with Crippen molar-refractivity contribution >= 4 is 11.6 Å². The molecule has 0 atom stereocenters. The second-order valence-corrected chi connectivity index (χ2v) is 4.06. The maximum atomic E-state index is 12.2. The van der Waals surface area contributed by atoms with Crippen molar-refractivity contribution < 1.29 is 4.79 Å². The van der Waals surface area contributed by atoms with Crippen LogP contribution in [0.3, 0.4) is 0 Å². The van der Waals surface area contributed by atoms with Crippen LogP contribution in [-0.4, -0.2) is 28.4 Å². The average Bonchev–Trinajstić information content (AvgIpc) is 2.25. The highest BCUT2D eigenvalue weighted by molar-refractivity contribution is 5.99. The van der Waals surface area contributed by atoms with Crippen molar-refractivity contribution in [3.05, 3.63) is 24.0 Å². The number of pyridine rings is 1. The summed E-state index contributed by atoms with van der Waals surface area (Å²) in [6, 6.07) is 1.85. The van der Waals surface area contributed by atoms with Gasteiger partial charge in [0.1, 0.15) is 0 Å². The molecule has 1 rings (SSSR count). The normalized spacial score (nSPS) is 10.5. The summed E-state index contributed by atoms with van der Waals surface area (Å²) >= 11 is 0. The van der Waals surface area contributed by atoms with E-state index >= 15 is 0 Å². The number of nitrogens with two attached hydrogens (primary N) is 1. The number of hydrogen-bond acceptors (Lipinski definition) is 3. The summed E-state index contributed by atoms with van der Waals surface area (Å²) in [5.41, 5.74) is 6.72. The zero-order valence-corrected chi connectivity index (χ0v) is 10.1. The summed E-state index contributed by atoms with van der Waals surface area (Å²) in [6.07, 6.45) is 4.04. The van der Waals surface area contributed by atoms with Gasteiger partial charge in [0.2, 0.25) is 0 Å². The zero-order chi connectivity index (χ0) is 12.1. The molecule has 1 aromatic heterocycles. The first-order chi connectivity index (χ1) is 7.57. The Balaban J connectivity index is 2.95. The molecule has 0 saturated carbocycles. The fourth-order valence-corrected chi connectivity index (χ4v) is 1.59. The molecular formula is C12H19N3O.